The second-order valence-corrected chi connectivity index (χ2v) is 7.44. The first kappa shape index (κ1) is 14.9. The number of rotatable bonds is 5. The molecule has 3 nitrogen and oxygen atoms in total. The number of hydrogen-bond donors (Lipinski definition) is 1. The van der Waals surface area contributed by atoms with Gasteiger partial charge in [-0.1, -0.05) is 45.4 Å². The van der Waals surface area contributed by atoms with Crippen LogP contribution in [0.25, 0.3) is 0 Å². The molecule has 0 atom stereocenters. The zero-order chi connectivity index (χ0) is 14.7. The highest BCUT2D eigenvalue weighted by molar-refractivity contribution is 5.30. The van der Waals surface area contributed by atoms with Gasteiger partial charge in [-0.15, -0.1) is 0 Å². The maximum atomic E-state index is 4.70. The molecular formula is C18H31N3. The Labute approximate surface area is 129 Å². The van der Waals surface area contributed by atoms with Crippen LogP contribution in [0.3, 0.4) is 0 Å². The highest BCUT2D eigenvalue weighted by Crippen LogP contribution is 2.31. The summed E-state index contributed by atoms with van der Waals surface area (Å²) < 4.78 is 2.37. The molecule has 1 aromatic rings. The molecule has 3 heteroatoms. The van der Waals surface area contributed by atoms with E-state index in [1.165, 1.54) is 57.8 Å². The van der Waals surface area contributed by atoms with Gasteiger partial charge in [0.25, 0.3) is 0 Å². The molecule has 0 bridgehead atoms. The van der Waals surface area contributed by atoms with E-state index < -0.39 is 0 Å². The Morgan fingerprint density at radius 1 is 1.14 bits per heavy atom. The maximum absolute atomic E-state index is 4.70. The van der Waals surface area contributed by atoms with Crippen molar-refractivity contribution in [2.75, 3.05) is 5.32 Å². The van der Waals surface area contributed by atoms with Crippen molar-refractivity contribution in [1.29, 1.82) is 0 Å². The summed E-state index contributed by atoms with van der Waals surface area (Å²) in [4.78, 5) is 4.70. The summed E-state index contributed by atoms with van der Waals surface area (Å²) in [7, 11) is 0. The van der Waals surface area contributed by atoms with E-state index in [1.807, 2.05) is 0 Å². The van der Waals surface area contributed by atoms with Gasteiger partial charge in [-0.25, -0.2) is 4.98 Å². The van der Waals surface area contributed by atoms with Crippen LogP contribution in [0, 0.1) is 18.8 Å². The van der Waals surface area contributed by atoms with Gasteiger partial charge < -0.3 is 9.88 Å². The lowest BCUT2D eigenvalue weighted by atomic mass is 9.81. The minimum atomic E-state index is 0.654. The molecule has 0 saturated heterocycles. The predicted molar refractivity (Wildman–Crippen MR) is 88.6 cm³/mol. The Balaban J connectivity index is 1.54. The Morgan fingerprint density at radius 2 is 1.86 bits per heavy atom. The largest absolute Gasteiger partial charge is 0.353 e. The van der Waals surface area contributed by atoms with Crippen molar-refractivity contribution in [2.45, 2.75) is 84.2 Å². The first-order valence-corrected chi connectivity index (χ1v) is 9.01. The van der Waals surface area contributed by atoms with Crippen molar-refractivity contribution >= 4 is 5.95 Å². The van der Waals surface area contributed by atoms with Crippen LogP contribution >= 0.6 is 0 Å². The molecule has 118 valence electrons. The van der Waals surface area contributed by atoms with Gasteiger partial charge in [-0.05, 0) is 38.0 Å². The minimum absolute atomic E-state index is 0.654. The van der Waals surface area contributed by atoms with Crippen LogP contribution in [0.15, 0.2) is 6.20 Å². The SMILES string of the molecule is Cc1cn(CCC2CCC(C)CC2)c(NC2CCCC2)n1. The Bertz CT molecular complexity index is 437. The number of anilines is 1. The number of nitrogens with one attached hydrogen (secondary N) is 1. The van der Waals surface area contributed by atoms with Crippen LogP contribution in [0.5, 0.6) is 0 Å². The molecule has 0 unspecified atom stereocenters. The molecule has 2 fully saturated rings. The van der Waals surface area contributed by atoms with Crippen molar-refractivity contribution < 1.29 is 0 Å². The lowest BCUT2D eigenvalue weighted by Gasteiger charge is -2.26. The lowest BCUT2D eigenvalue weighted by Crippen LogP contribution is -2.19. The fraction of sp³-hybridized carbons (Fsp3) is 0.833. The Morgan fingerprint density at radius 3 is 2.57 bits per heavy atom. The third-order valence-electron chi connectivity index (χ3n) is 5.50. The highest BCUT2D eigenvalue weighted by Gasteiger charge is 2.20. The van der Waals surface area contributed by atoms with E-state index in [0.29, 0.717) is 6.04 Å². The van der Waals surface area contributed by atoms with Crippen LogP contribution in [-0.2, 0) is 6.54 Å². The zero-order valence-electron chi connectivity index (χ0n) is 13.8. The lowest BCUT2D eigenvalue weighted by molar-refractivity contribution is 0.269. The summed E-state index contributed by atoms with van der Waals surface area (Å²) in [5.74, 6) is 3.00. The Kier molecular flexibility index (Phi) is 4.87. The van der Waals surface area contributed by atoms with Gasteiger partial charge in [-0.2, -0.15) is 0 Å². The molecule has 0 amide bonds. The molecular weight excluding hydrogens is 258 g/mol. The van der Waals surface area contributed by atoms with Crippen molar-refractivity contribution in [1.82, 2.24) is 9.55 Å². The standard InChI is InChI=1S/C18H31N3/c1-14-7-9-16(10-8-14)11-12-21-13-15(2)19-18(21)20-17-5-3-4-6-17/h13-14,16-17H,3-12H2,1-2H3,(H,19,20). The van der Waals surface area contributed by atoms with E-state index in [-0.39, 0.29) is 0 Å². The predicted octanol–water partition coefficient (Wildman–Crippen LogP) is 4.76. The van der Waals surface area contributed by atoms with Gasteiger partial charge in [0.05, 0.1) is 5.69 Å². The number of aryl methyl sites for hydroxylation is 2. The van der Waals surface area contributed by atoms with Gasteiger partial charge in [0.1, 0.15) is 0 Å². The van der Waals surface area contributed by atoms with Gasteiger partial charge in [0.15, 0.2) is 0 Å². The third-order valence-corrected chi connectivity index (χ3v) is 5.50. The number of imidazole rings is 1. The third kappa shape index (κ3) is 4.02. The smallest absolute Gasteiger partial charge is 0.203 e. The van der Waals surface area contributed by atoms with Crippen LogP contribution in [-0.4, -0.2) is 15.6 Å². The first-order valence-electron chi connectivity index (χ1n) is 9.01. The zero-order valence-corrected chi connectivity index (χ0v) is 13.8. The van der Waals surface area contributed by atoms with Gasteiger partial charge in [0.2, 0.25) is 5.95 Å². The van der Waals surface area contributed by atoms with E-state index in [2.05, 4.69) is 29.9 Å². The second-order valence-electron chi connectivity index (χ2n) is 7.44. The molecule has 1 heterocycles. The molecule has 0 radical (unpaired) electrons. The summed E-state index contributed by atoms with van der Waals surface area (Å²) in [5, 5.41) is 3.68. The molecule has 0 aromatic carbocycles. The second kappa shape index (κ2) is 6.85. The summed E-state index contributed by atoms with van der Waals surface area (Å²) in [6.45, 7) is 5.65. The van der Waals surface area contributed by atoms with Crippen LogP contribution in [0.4, 0.5) is 5.95 Å². The number of hydrogen-bond acceptors (Lipinski definition) is 2. The fourth-order valence-corrected chi connectivity index (χ4v) is 4.02. The number of aromatic nitrogens is 2. The Hall–Kier alpha value is -0.990. The topological polar surface area (TPSA) is 29.9 Å². The van der Waals surface area contributed by atoms with E-state index in [4.69, 9.17) is 4.98 Å². The van der Waals surface area contributed by atoms with Gasteiger partial charge in [-0.3, -0.25) is 0 Å². The molecule has 1 aromatic heterocycles. The van der Waals surface area contributed by atoms with Crippen molar-refractivity contribution in [3.63, 3.8) is 0 Å². The van der Waals surface area contributed by atoms with Crippen LogP contribution in [0.1, 0.15) is 70.4 Å². The minimum Gasteiger partial charge on any atom is -0.353 e. The van der Waals surface area contributed by atoms with E-state index in [1.54, 1.807) is 0 Å². The quantitative estimate of drug-likeness (QED) is 0.846. The molecule has 2 aliphatic carbocycles. The highest BCUT2D eigenvalue weighted by atomic mass is 15.2. The molecule has 2 saturated carbocycles. The monoisotopic (exact) mass is 289 g/mol. The van der Waals surface area contributed by atoms with Crippen molar-refractivity contribution in [3.05, 3.63) is 11.9 Å². The summed E-state index contributed by atoms with van der Waals surface area (Å²) in [5.41, 5.74) is 1.15. The molecule has 3 rings (SSSR count). The molecule has 0 aliphatic heterocycles. The first-order chi connectivity index (χ1) is 10.2. The van der Waals surface area contributed by atoms with Crippen LogP contribution in [0.2, 0.25) is 0 Å². The normalized spacial score (nSPS) is 27.1. The number of nitrogens with zero attached hydrogens (tertiary/aromatic N) is 2. The van der Waals surface area contributed by atoms with E-state index in [9.17, 15) is 0 Å². The molecule has 21 heavy (non-hydrogen) atoms. The van der Waals surface area contributed by atoms with Crippen molar-refractivity contribution in [3.8, 4) is 0 Å². The molecule has 2 aliphatic rings. The van der Waals surface area contributed by atoms with E-state index in [0.717, 1.165) is 30.0 Å². The average molecular weight is 289 g/mol. The molecule has 0 spiro atoms. The fourth-order valence-electron chi connectivity index (χ4n) is 4.02. The van der Waals surface area contributed by atoms with Crippen LogP contribution < -0.4 is 5.32 Å². The summed E-state index contributed by atoms with van der Waals surface area (Å²) in [6.07, 6.45) is 14.6. The van der Waals surface area contributed by atoms with E-state index >= 15 is 0 Å². The average Bonchev–Trinajstić information content (AvgIpc) is 3.09. The molecule has 1 N–H and O–H groups in total. The summed E-state index contributed by atoms with van der Waals surface area (Å²) >= 11 is 0. The van der Waals surface area contributed by atoms with Gasteiger partial charge in [0, 0.05) is 18.8 Å². The maximum Gasteiger partial charge on any atom is 0.203 e. The van der Waals surface area contributed by atoms with Crippen molar-refractivity contribution in [2.24, 2.45) is 11.8 Å². The summed E-state index contributed by atoms with van der Waals surface area (Å²) in [6, 6.07) is 0.654. The van der Waals surface area contributed by atoms with Gasteiger partial charge >= 0.3 is 0 Å².